The summed E-state index contributed by atoms with van der Waals surface area (Å²) in [4.78, 5) is 0. The molecule has 0 aromatic heterocycles. The maximum absolute atomic E-state index is 12.2. The standard InChI is InChI=1S/C16H12F3NO/c1-2-12-5-3-7-14(9-12)20-11-13-6-4-8-15(10-13)21-16(17,18)19/h1,3-10,20H,11H2. The summed E-state index contributed by atoms with van der Waals surface area (Å²) in [7, 11) is 0. The van der Waals surface area contributed by atoms with Crippen LogP contribution in [0.5, 0.6) is 5.75 Å². The van der Waals surface area contributed by atoms with E-state index in [1.807, 2.05) is 6.07 Å². The molecule has 0 heterocycles. The Bertz CT molecular complexity index is 659. The minimum Gasteiger partial charge on any atom is -0.406 e. The van der Waals surface area contributed by atoms with Crippen LogP contribution in [0.15, 0.2) is 48.5 Å². The Morgan fingerprint density at radius 3 is 2.57 bits per heavy atom. The lowest BCUT2D eigenvalue weighted by molar-refractivity contribution is -0.274. The fourth-order valence-corrected chi connectivity index (χ4v) is 1.78. The summed E-state index contributed by atoms with van der Waals surface area (Å²) in [5.74, 6) is 2.28. The van der Waals surface area contributed by atoms with Gasteiger partial charge in [0.2, 0.25) is 0 Å². The Hall–Kier alpha value is -2.61. The molecule has 0 spiro atoms. The molecular weight excluding hydrogens is 279 g/mol. The van der Waals surface area contributed by atoms with Crippen LogP contribution in [0.4, 0.5) is 18.9 Å². The Kier molecular flexibility index (Phi) is 4.39. The molecule has 2 nitrogen and oxygen atoms in total. The molecule has 0 aliphatic carbocycles. The van der Waals surface area contributed by atoms with Crippen LogP contribution in [0.25, 0.3) is 0 Å². The van der Waals surface area contributed by atoms with Gasteiger partial charge in [-0.1, -0.05) is 24.1 Å². The third-order valence-corrected chi connectivity index (χ3v) is 2.66. The molecule has 2 aromatic rings. The van der Waals surface area contributed by atoms with Crippen LogP contribution in [0.3, 0.4) is 0 Å². The van der Waals surface area contributed by atoms with Crippen molar-refractivity contribution in [1.82, 2.24) is 0 Å². The van der Waals surface area contributed by atoms with Gasteiger partial charge in [-0.2, -0.15) is 0 Å². The van der Waals surface area contributed by atoms with Crippen molar-refractivity contribution in [3.63, 3.8) is 0 Å². The molecule has 0 aliphatic rings. The maximum Gasteiger partial charge on any atom is 0.573 e. The summed E-state index contributed by atoms with van der Waals surface area (Å²) in [5.41, 5.74) is 2.20. The zero-order valence-electron chi connectivity index (χ0n) is 10.9. The van der Waals surface area contributed by atoms with Crippen molar-refractivity contribution in [2.75, 3.05) is 5.32 Å². The van der Waals surface area contributed by atoms with Gasteiger partial charge in [0, 0.05) is 17.8 Å². The third-order valence-electron chi connectivity index (χ3n) is 2.66. The molecule has 0 aliphatic heterocycles. The van der Waals surface area contributed by atoms with Gasteiger partial charge in [-0.25, -0.2) is 0 Å². The Labute approximate surface area is 120 Å². The van der Waals surface area contributed by atoms with E-state index in [4.69, 9.17) is 6.42 Å². The van der Waals surface area contributed by atoms with Crippen molar-refractivity contribution in [2.24, 2.45) is 0 Å². The molecule has 0 saturated carbocycles. The van der Waals surface area contributed by atoms with Gasteiger partial charge in [-0.05, 0) is 35.9 Å². The molecule has 0 bridgehead atoms. The van der Waals surface area contributed by atoms with E-state index in [9.17, 15) is 13.2 Å². The lowest BCUT2D eigenvalue weighted by Crippen LogP contribution is -2.17. The van der Waals surface area contributed by atoms with Crippen molar-refractivity contribution in [2.45, 2.75) is 12.9 Å². The second-order valence-electron chi connectivity index (χ2n) is 4.27. The molecule has 2 rings (SSSR count). The van der Waals surface area contributed by atoms with Crippen LogP contribution in [-0.4, -0.2) is 6.36 Å². The number of ether oxygens (including phenoxy) is 1. The number of hydrogen-bond acceptors (Lipinski definition) is 2. The average Bonchev–Trinajstić information content (AvgIpc) is 2.44. The first-order valence-corrected chi connectivity index (χ1v) is 6.11. The average molecular weight is 291 g/mol. The van der Waals surface area contributed by atoms with Gasteiger partial charge < -0.3 is 10.1 Å². The number of rotatable bonds is 4. The SMILES string of the molecule is C#Cc1cccc(NCc2cccc(OC(F)(F)F)c2)c1. The lowest BCUT2D eigenvalue weighted by Gasteiger charge is -2.11. The van der Waals surface area contributed by atoms with E-state index in [-0.39, 0.29) is 5.75 Å². The summed E-state index contributed by atoms with van der Waals surface area (Å²) in [6.07, 6.45) is 0.616. The summed E-state index contributed by atoms with van der Waals surface area (Å²) in [6, 6.07) is 13.0. The van der Waals surface area contributed by atoms with E-state index in [1.165, 1.54) is 18.2 Å². The van der Waals surface area contributed by atoms with E-state index in [0.29, 0.717) is 12.1 Å². The van der Waals surface area contributed by atoms with Gasteiger partial charge in [-0.3, -0.25) is 0 Å². The van der Waals surface area contributed by atoms with Crippen molar-refractivity contribution in [3.05, 3.63) is 59.7 Å². The van der Waals surface area contributed by atoms with Crippen molar-refractivity contribution in [3.8, 4) is 18.1 Å². The van der Waals surface area contributed by atoms with Gasteiger partial charge in [0.25, 0.3) is 0 Å². The van der Waals surface area contributed by atoms with Crippen molar-refractivity contribution < 1.29 is 17.9 Å². The minimum atomic E-state index is -4.69. The molecule has 0 radical (unpaired) electrons. The highest BCUT2D eigenvalue weighted by Gasteiger charge is 2.31. The Balaban J connectivity index is 2.03. The van der Waals surface area contributed by atoms with Crippen LogP contribution in [-0.2, 0) is 6.54 Å². The van der Waals surface area contributed by atoms with Crippen molar-refractivity contribution in [1.29, 1.82) is 0 Å². The van der Waals surface area contributed by atoms with Crippen LogP contribution in [0.2, 0.25) is 0 Å². The monoisotopic (exact) mass is 291 g/mol. The van der Waals surface area contributed by atoms with E-state index in [2.05, 4.69) is 16.0 Å². The third kappa shape index (κ3) is 4.77. The molecule has 0 fully saturated rings. The normalized spacial score (nSPS) is 10.8. The number of anilines is 1. The largest absolute Gasteiger partial charge is 0.573 e. The van der Waals surface area contributed by atoms with Gasteiger partial charge in [-0.15, -0.1) is 19.6 Å². The number of hydrogen-bond donors (Lipinski definition) is 1. The highest BCUT2D eigenvalue weighted by molar-refractivity contribution is 5.50. The topological polar surface area (TPSA) is 21.3 Å². The summed E-state index contributed by atoms with van der Waals surface area (Å²) < 4.78 is 40.3. The molecule has 2 aromatic carbocycles. The van der Waals surface area contributed by atoms with E-state index in [0.717, 1.165) is 11.3 Å². The van der Waals surface area contributed by atoms with Crippen LogP contribution >= 0.6 is 0 Å². The molecular formula is C16H12F3NO. The second-order valence-corrected chi connectivity index (χ2v) is 4.27. The number of halogens is 3. The molecule has 21 heavy (non-hydrogen) atoms. The van der Waals surface area contributed by atoms with Gasteiger partial charge >= 0.3 is 6.36 Å². The summed E-state index contributed by atoms with van der Waals surface area (Å²) >= 11 is 0. The highest BCUT2D eigenvalue weighted by atomic mass is 19.4. The van der Waals surface area contributed by atoms with Gasteiger partial charge in [0.05, 0.1) is 0 Å². The molecule has 0 unspecified atom stereocenters. The lowest BCUT2D eigenvalue weighted by atomic mass is 10.2. The van der Waals surface area contributed by atoms with Gasteiger partial charge in [0.15, 0.2) is 0 Å². The van der Waals surface area contributed by atoms with E-state index >= 15 is 0 Å². The molecule has 108 valence electrons. The fraction of sp³-hybridized carbons (Fsp3) is 0.125. The van der Waals surface area contributed by atoms with Crippen LogP contribution in [0.1, 0.15) is 11.1 Å². The van der Waals surface area contributed by atoms with Crippen molar-refractivity contribution >= 4 is 5.69 Å². The zero-order valence-corrected chi connectivity index (χ0v) is 10.9. The summed E-state index contributed by atoms with van der Waals surface area (Å²) in [6.45, 7) is 0.364. The predicted molar refractivity (Wildman–Crippen MR) is 74.8 cm³/mol. The molecule has 1 N–H and O–H groups in total. The Morgan fingerprint density at radius 1 is 1.10 bits per heavy atom. The fourth-order valence-electron chi connectivity index (χ4n) is 1.78. The van der Waals surface area contributed by atoms with Crippen LogP contribution in [0, 0.1) is 12.3 Å². The second kappa shape index (κ2) is 6.23. The molecule has 0 atom stereocenters. The first-order chi connectivity index (χ1) is 9.96. The van der Waals surface area contributed by atoms with E-state index < -0.39 is 6.36 Å². The number of benzene rings is 2. The van der Waals surface area contributed by atoms with E-state index in [1.54, 1.807) is 24.3 Å². The molecule has 0 amide bonds. The summed E-state index contributed by atoms with van der Waals surface area (Å²) in [5, 5.41) is 3.09. The zero-order chi connectivity index (χ0) is 15.3. The van der Waals surface area contributed by atoms with Crippen LogP contribution < -0.4 is 10.1 Å². The molecule has 5 heteroatoms. The number of alkyl halides is 3. The smallest absolute Gasteiger partial charge is 0.406 e. The highest BCUT2D eigenvalue weighted by Crippen LogP contribution is 2.23. The van der Waals surface area contributed by atoms with Gasteiger partial charge in [0.1, 0.15) is 5.75 Å². The quantitative estimate of drug-likeness (QED) is 0.853. The minimum absolute atomic E-state index is 0.237. The predicted octanol–water partition coefficient (Wildman–Crippen LogP) is 4.18. The number of terminal acetylenes is 1. The molecule has 0 saturated heterocycles. The number of nitrogens with one attached hydrogen (secondary N) is 1. The first-order valence-electron chi connectivity index (χ1n) is 6.11. The Morgan fingerprint density at radius 2 is 1.86 bits per heavy atom. The first kappa shape index (κ1) is 14.8. The maximum atomic E-state index is 12.2.